The van der Waals surface area contributed by atoms with Crippen molar-refractivity contribution in [3.8, 4) is 0 Å². The summed E-state index contributed by atoms with van der Waals surface area (Å²) >= 11 is 0. The smallest absolute Gasteiger partial charge is 0.0393 e. The van der Waals surface area contributed by atoms with E-state index in [0.29, 0.717) is 0 Å². The quantitative estimate of drug-likeness (QED) is 0.323. The molecule has 0 fully saturated rings. The monoisotopic (exact) mass is 232 g/mol. The molecule has 0 saturated heterocycles. The van der Waals surface area contributed by atoms with Crippen molar-refractivity contribution in [2.45, 2.75) is 0 Å². The summed E-state index contributed by atoms with van der Waals surface area (Å²) in [6.45, 7) is 0. The summed E-state index contributed by atoms with van der Waals surface area (Å²) in [5, 5.41) is 9.90. The van der Waals surface area contributed by atoms with Gasteiger partial charge in [-0.2, -0.15) is 0 Å². The fourth-order valence-electron chi connectivity index (χ4n) is 2.88. The van der Waals surface area contributed by atoms with Crippen LogP contribution in [0.3, 0.4) is 0 Å². The third-order valence-electron chi connectivity index (χ3n) is 3.75. The van der Waals surface area contributed by atoms with Crippen molar-refractivity contribution in [3.63, 3.8) is 0 Å². The molecule has 0 nitrogen and oxygen atoms in total. The molecule has 0 unspecified atom stereocenters. The topological polar surface area (TPSA) is 0 Å². The Morgan fingerprint density at radius 2 is 1.18 bits per heavy atom. The van der Waals surface area contributed by atoms with E-state index in [2.05, 4.69) is 54.6 Å². The normalized spacial score (nSPS) is 12.0. The first-order valence-electron chi connectivity index (χ1n) is 5.98. The minimum absolute atomic E-state index is 1.11. The second-order valence-electron chi connectivity index (χ2n) is 4.74. The van der Waals surface area contributed by atoms with Gasteiger partial charge in [0.2, 0.25) is 0 Å². The van der Waals surface area contributed by atoms with Gasteiger partial charge in [0, 0.05) is 10.2 Å². The van der Waals surface area contributed by atoms with Crippen LogP contribution in [-0.2, 0) is 0 Å². The molecule has 4 aromatic carbocycles. The minimum atomic E-state index is 1.11. The number of hydrogen-bond donors (Lipinski definition) is 0. The maximum Gasteiger partial charge on any atom is 0.0393 e. The van der Waals surface area contributed by atoms with Gasteiger partial charge in [-0.15, -0.1) is 0 Å². The SMILES string of the molecule is [SiH3]c1ccc2ccc3cccc4ccc1c2c34. The zero-order chi connectivity index (χ0) is 11.4. The van der Waals surface area contributed by atoms with Gasteiger partial charge in [0.25, 0.3) is 0 Å². The summed E-state index contributed by atoms with van der Waals surface area (Å²) in [7, 11) is 1.11. The van der Waals surface area contributed by atoms with Crippen molar-refractivity contribution in [2.24, 2.45) is 0 Å². The predicted molar refractivity (Wildman–Crippen MR) is 79.7 cm³/mol. The molecule has 0 aliphatic heterocycles. The summed E-state index contributed by atoms with van der Waals surface area (Å²) in [6.07, 6.45) is 0. The van der Waals surface area contributed by atoms with Crippen molar-refractivity contribution in [1.82, 2.24) is 0 Å². The lowest BCUT2D eigenvalue weighted by Crippen LogP contribution is -2.03. The molecule has 0 aromatic heterocycles. The third kappa shape index (κ3) is 1.12. The molecule has 0 heterocycles. The molecule has 17 heavy (non-hydrogen) atoms. The Bertz CT molecular complexity index is 830. The van der Waals surface area contributed by atoms with Crippen molar-refractivity contribution in [1.29, 1.82) is 0 Å². The van der Waals surface area contributed by atoms with E-state index in [1.165, 1.54) is 37.5 Å². The van der Waals surface area contributed by atoms with Gasteiger partial charge in [-0.1, -0.05) is 59.8 Å². The standard InChI is InChI=1S/C16H12Si/c17-14-9-7-12-5-4-10-2-1-3-11-6-8-13(14)16(12)15(10)11/h1-9H,17H3. The molecule has 0 bridgehead atoms. The van der Waals surface area contributed by atoms with Gasteiger partial charge in [-0.05, 0) is 32.3 Å². The zero-order valence-corrected chi connectivity index (χ0v) is 11.7. The van der Waals surface area contributed by atoms with Crippen LogP contribution >= 0.6 is 0 Å². The number of benzene rings is 4. The molecule has 80 valence electrons. The molecule has 0 aliphatic carbocycles. The predicted octanol–water partition coefficient (Wildman–Crippen LogP) is 2.57. The highest BCUT2D eigenvalue weighted by Gasteiger charge is 2.08. The van der Waals surface area contributed by atoms with Crippen molar-refractivity contribution >= 4 is 47.7 Å². The van der Waals surface area contributed by atoms with Gasteiger partial charge in [0.05, 0.1) is 0 Å². The van der Waals surface area contributed by atoms with E-state index in [-0.39, 0.29) is 0 Å². The van der Waals surface area contributed by atoms with E-state index in [0.717, 1.165) is 10.2 Å². The molecule has 0 N–H and O–H groups in total. The highest BCUT2D eigenvalue weighted by molar-refractivity contribution is 6.42. The highest BCUT2D eigenvalue weighted by atomic mass is 28.1. The number of rotatable bonds is 0. The minimum Gasteiger partial charge on any atom is -0.0630 e. The van der Waals surface area contributed by atoms with Crippen LogP contribution in [0.5, 0.6) is 0 Å². The second kappa shape index (κ2) is 3.08. The van der Waals surface area contributed by atoms with Crippen molar-refractivity contribution in [3.05, 3.63) is 54.6 Å². The Morgan fingerprint density at radius 3 is 1.94 bits per heavy atom. The Balaban J connectivity index is 2.48. The molecule has 0 atom stereocenters. The Labute approximate surface area is 103 Å². The highest BCUT2D eigenvalue weighted by Crippen LogP contribution is 2.33. The van der Waals surface area contributed by atoms with Gasteiger partial charge in [0.15, 0.2) is 0 Å². The lowest BCUT2D eigenvalue weighted by molar-refractivity contribution is 1.80. The fraction of sp³-hybridized carbons (Fsp3) is 0. The van der Waals surface area contributed by atoms with Crippen LogP contribution in [0.4, 0.5) is 0 Å². The maximum atomic E-state index is 2.28. The Morgan fingerprint density at radius 1 is 0.588 bits per heavy atom. The van der Waals surface area contributed by atoms with Crippen LogP contribution in [0, 0.1) is 0 Å². The Hall–Kier alpha value is -1.86. The van der Waals surface area contributed by atoms with E-state index >= 15 is 0 Å². The van der Waals surface area contributed by atoms with E-state index in [4.69, 9.17) is 0 Å². The van der Waals surface area contributed by atoms with E-state index in [1.807, 2.05) is 0 Å². The molecule has 0 amide bonds. The molecule has 0 spiro atoms. The summed E-state index contributed by atoms with van der Waals surface area (Å²) in [4.78, 5) is 0. The van der Waals surface area contributed by atoms with Crippen LogP contribution in [0.15, 0.2) is 54.6 Å². The first kappa shape index (κ1) is 9.20. The molecule has 4 aromatic rings. The molecular formula is C16H12Si. The summed E-state index contributed by atoms with van der Waals surface area (Å²) in [5.41, 5.74) is 0. The van der Waals surface area contributed by atoms with Gasteiger partial charge in [0.1, 0.15) is 0 Å². The van der Waals surface area contributed by atoms with E-state index in [9.17, 15) is 0 Å². The average molecular weight is 232 g/mol. The van der Waals surface area contributed by atoms with E-state index < -0.39 is 0 Å². The lowest BCUT2D eigenvalue weighted by Gasteiger charge is -2.11. The van der Waals surface area contributed by atoms with Gasteiger partial charge in [-0.3, -0.25) is 0 Å². The fourth-order valence-corrected chi connectivity index (χ4v) is 3.46. The van der Waals surface area contributed by atoms with Gasteiger partial charge in [-0.25, -0.2) is 0 Å². The molecule has 0 saturated carbocycles. The third-order valence-corrected chi connectivity index (χ3v) is 4.62. The van der Waals surface area contributed by atoms with Crippen LogP contribution in [0.1, 0.15) is 0 Å². The Kier molecular flexibility index (Phi) is 1.67. The molecule has 0 aliphatic rings. The maximum absolute atomic E-state index is 2.28. The largest absolute Gasteiger partial charge is 0.0630 e. The molecule has 1 heteroatoms. The van der Waals surface area contributed by atoms with E-state index in [1.54, 1.807) is 0 Å². The van der Waals surface area contributed by atoms with Crippen LogP contribution in [0.2, 0.25) is 0 Å². The first-order valence-corrected chi connectivity index (χ1v) is 6.98. The van der Waals surface area contributed by atoms with Crippen LogP contribution in [0.25, 0.3) is 32.3 Å². The summed E-state index contributed by atoms with van der Waals surface area (Å²) in [5.74, 6) is 0. The van der Waals surface area contributed by atoms with Crippen molar-refractivity contribution < 1.29 is 0 Å². The first-order chi connectivity index (χ1) is 8.34. The summed E-state index contributed by atoms with van der Waals surface area (Å²) < 4.78 is 0. The average Bonchev–Trinajstić information content (AvgIpc) is 2.38. The summed E-state index contributed by atoms with van der Waals surface area (Å²) in [6, 6.07) is 20.1. The lowest BCUT2D eigenvalue weighted by atomic mass is 9.94. The van der Waals surface area contributed by atoms with Gasteiger partial charge < -0.3 is 0 Å². The van der Waals surface area contributed by atoms with Crippen molar-refractivity contribution in [2.75, 3.05) is 0 Å². The molecule has 4 rings (SSSR count). The molecular weight excluding hydrogens is 220 g/mol. The number of hydrogen-bond acceptors (Lipinski definition) is 0. The second-order valence-corrected chi connectivity index (χ2v) is 5.82. The molecule has 0 radical (unpaired) electrons. The van der Waals surface area contributed by atoms with Crippen LogP contribution in [-0.4, -0.2) is 10.2 Å². The van der Waals surface area contributed by atoms with Gasteiger partial charge >= 0.3 is 0 Å². The zero-order valence-electron chi connectivity index (χ0n) is 9.70. The van der Waals surface area contributed by atoms with Crippen LogP contribution < -0.4 is 5.19 Å².